The van der Waals surface area contributed by atoms with Gasteiger partial charge in [-0.1, -0.05) is 29.8 Å². The van der Waals surface area contributed by atoms with E-state index in [-0.39, 0.29) is 12.5 Å². The molecule has 1 N–H and O–H groups in total. The Morgan fingerprint density at radius 3 is 2.67 bits per heavy atom. The molecule has 2 heterocycles. The third kappa shape index (κ3) is 3.54. The van der Waals surface area contributed by atoms with E-state index in [0.29, 0.717) is 12.4 Å². The van der Waals surface area contributed by atoms with Gasteiger partial charge in [0.15, 0.2) is 6.61 Å². The molecule has 6 heteroatoms. The maximum Gasteiger partial charge on any atom is 0.258 e. The van der Waals surface area contributed by atoms with Crippen LogP contribution in [-0.4, -0.2) is 22.5 Å². The van der Waals surface area contributed by atoms with Crippen molar-refractivity contribution in [1.29, 1.82) is 0 Å². The average Bonchev–Trinajstić information content (AvgIpc) is 2.87. The summed E-state index contributed by atoms with van der Waals surface area (Å²) < 4.78 is 5.63. The average molecular weight is 341 g/mol. The second-order valence-corrected chi connectivity index (χ2v) is 6.90. The van der Waals surface area contributed by atoms with Crippen molar-refractivity contribution in [2.75, 3.05) is 6.61 Å². The highest BCUT2D eigenvalue weighted by molar-refractivity contribution is 7.18. The molecule has 24 heavy (non-hydrogen) atoms. The molecule has 124 valence electrons. The molecule has 5 nitrogen and oxygen atoms in total. The minimum atomic E-state index is -0.174. The van der Waals surface area contributed by atoms with Crippen LogP contribution in [0.15, 0.2) is 30.6 Å². The molecule has 0 spiro atoms. The van der Waals surface area contributed by atoms with Crippen LogP contribution < -0.4 is 10.1 Å². The molecule has 0 aliphatic heterocycles. The third-order valence-corrected chi connectivity index (χ3v) is 5.00. The Balaban J connectivity index is 1.61. The van der Waals surface area contributed by atoms with Gasteiger partial charge in [-0.15, -0.1) is 11.3 Å². The molecule has 0 aliphatic rings. The van der Waals surface area contributed by atoms with Crippen LogP contribution in [0.4, 0.5) is 0 Å². The largest absolute Gasteiger partial charge is 0.467 e. The number of rotatable bonds is 5. The van der Waals surface area contributed by atoms with Gasteiger partial charge < -0.3 is 10.1 Å². The Hall–Kier alpha value is -2.47. The smallest absolute Gasteiger partial charge is 0.258 e. The fraction of sp³-hybridized carbons (Fsp3) is 0.278. The Kier molecular flexibility index (Phi) is 4.76. The number of carbonyl (C=O) groups excluding carboxylic acids is 1. The fourth-order valence-corrected chi connectivity index (χ4v) is 3.34. The normalized spacial score (nSPS) is 10.8. The van der Waals surface area contributed by atoms with E-state index in [1.165, 1.54) is 16.8 Å². The van der Waals surface area contributed by atoms with Crippen LogP contribution in [-0.2, 0) is 11.3 Å². The predicted octanol–water partition coefficient (Wildman–Crippen LogP) is 3.31. The number of ether oxygens (including phenoxy) is 1. The number of fused-ring (bicyclic) bond motifs is 1. The minimum Gasteiger partial charge on any atom is -0.467 e. The molecule has 1 aromatic carbocycles. The van der Waals surface area contributed by atoms with Crippen molar-refractivity contribution in [1.82, 2.24) is 15.3 Å². The van der Waals surface area contributed by atoms with Gasteiger partial charge in [-0.2, -0.15) is 0 Å². The summed E-state index contributed by atoms with van der Waals surface area (Å²) in [6.45, 7) is 6.51. The van der Waals surface area contributed by atoms with Crippen LogP contribution in [0.25, 0.3) is 10.2 Å². The molecular formula is C18H19N3O2S. The molecule has 0 radical (unpaired) electrons. The third-order valence-electron chi connectivity index (χ3n) is 3.88. The highest BCUT2D eigenvalue weighted by Crippen LogP contribution is 2.33. The lowest BCUT2D eigenvalue weighted by Crippen LogP contribution is -2.28. The Morgan fingerprint density at radius 1 is 1.17 bits per heavy atom. The van der Waals surface area contributed by atoms with Crippen molar-refractivity contribution < 1.29 is 9.53 Å². The maximum atomic E-state index is 12.0. The SMILES string of the molecule is Cc1ccc(CNC(=O)COc2ncnc3sc(C)c(C)c23)cc1. The molecule has 0 atom stereocenters. The van der Waals surface area contributed by atoms with Crippen molar-refractivity contribution in [3.05, 3.63) is 52.2 Å². The number of nitrogens with one attached hydrogen (secondary N) is 1. The number of amides is 1. The van der Waals surface area contributed by atoms with E-state index in [1.54, 1.807) is 11.3 Å². The van der Waals surface area contributed by atoms with Gasteiger partial charge in [0.1, 0.15) is 11.2 Å². The number of carbonyl (C=O) groups is 1. The first kappa shape index (κ1) is 16.4. The van der Waals surface area contributed by atoms with Crippen LogP contribution in [0, 0.1) is 20.8 Å². The number of benzene rings is 1. The molecule has 0 unspecified atom stereocenters. The van der Waals surface area contributed by atoms with Gasteiger partial charge in [0.05, 0.1) is 5.39 Å². The first-order valence-corrected chi connectivity index (χ1v) is 8.52. The van der Waals surface area contributed by atoms with Gasteiger partial charge in [-0.3, -0.25) is 4.79 Å². The molecule has 2 aromatic heterocycles. The molecule has 0 saturated heterocycles. The number of nitrogens with zero attached hydrogens (tertiary/aromatic N) is 2. The predicted molar refractivity (Wildman–Crippen MR) is 95.4 cm³/mol. The van der Waals surface area contributed by atoms with E-state index in [4.69, 9.17) is 4.74 Å². The molecular weight excluding hydrogens is 322 g/mol. The molecule has 0 bridgehead atoms. The van der Waals surface area contributed by atoms with E-state index in [0.717, 1.165) is 21.3 Å². The number of thiophene rings is 1. The summed E-state index contributed by atoms with van der Waals surface area (Å²) in [4.78, 5) is 22.5. The Labute approximate surface area is 144 Å². The van der Waals surface area contributed by atoms with Gasteiger partial charge >= 0.3 is 0 Å². The van der Waals surface area contributed by atoms with E-state index in [2.05, 4.69) is 15.3 Å². The van der Waals surface area contributed by atoms with Crippen molar-refractivity contribution in [3.8, 4) is 5.88 Å². The maximum absolute atomic E-state index is 12.0. The summed E-state index contributed by atoms with van der Waals surface area (Å²) in [5.74, 6) is 0.291. The van der Waals surface area contributed by atoms with E-state index < -0.39 is 0 Å². The lowest BCUT2D eigenvalue weighted by Gasteiger charge is -2.08. The zero-order valence-electron chi connectivity index (χ0n) is 13.9. The van der Waals surface area contributed by atoms with E-state index in [9.17, 15) is 4.79 Å². The topological polar surface area (TPSA) is 64.1 Å². The van der Waals surface area contributed by atoms with E-state index >= 15 is 0 Å². The molecule has 0 aliphatic carbocycles. The Bertz CT molecular complexity index is 872. The second-order valence-electron chi connectivity index (χ2n) is 5.69. The van der Waals surface area contributed by atoms with Crippen molar-refractivity contribution in [2.24, 2.45) is 0 Å². The molecule has 3 rings (SSSR count). The zero-order chi connectivity index (χ0) is 17.1. The van der Waals surface area contributed by atoms with Crippen LogP contribution in [0.1, 0.15) is 21.6 Å². The van der Waals surface area contributed by atoms with Gasteiger partial charge in [0, 0.05) is 11.4 Å². The number of aromatic nitrogens is 2. The van der Waals surface area contributed by atoms with Crippen LogP contribution >= 0.6 is 11.3 Å². The summed E-state index contributed by atoms with van der Waals surface area (Å²) in [5, 5.41) is 3.75. The summed E-state index contributed by atoms with van der Waals surface area (Å²) in [5.41, 5.74) is 3.36. The first-order chi connectivity index (χ1) is 11.5. The summed E-state index contributed by atoms with van der Waals surface area (Å²) in [7, 11) is 0. The van der Waals surface area contributed by atoms with Gasteiger partial charge in [0.25, 0.3) is 5.91 Å². The quantitative estimate of drug-likeness (QED) is 0.773. The van der Waals surface area contributed by atoms with Crippen LogP contribution in [0.5, 0.6) is 5.88 Å². The van der Waals surface area contributed by atoms with Crippen LogP contribution in [0.2, 0.25) is 0 Å². The highest BCUT2D eigenvalue weighted by atomic mass is 32.1. The van der Waals surface area contributed by atoms with Crippen LogP contribution in [0.3, 0.4) is 0 Å². The molecule has 1 amide bonds. The summed E-state index contributed by atoms with van der Waals surface area (Å²) in [6.07, 6.45) is 1.47. The molecule has 3 aromatic rings. The number of hydrogen-bond donors (Lipinski definition) is 1. The van der Waals surface area contributed by atoms with Gasteiger partial charge in [-0.25, -0.2) is 9.97 Å². The first-order valence-electron chi connectivity index (χ1n) is 7.70. The lowest BCUT2D eigenvalue weighted by molar-refractivity contribution is -0.123. The Morgan fingerprint density at radius 2 is 1.92 bits per heavy atom. The van der Waals surface area contributed by atoms with Gasteiger partial charge in [0.2, 0.25) is 5.88 Å². The standard InChI is InChI=1S/C18H19N3O2S/c1-11-4-6-14(7-5-11)8-19-15(22)9-23-17-16-12(2)13(3)24-18(16)21-10-20-17/h4-7,10H,8-9H2,1-3H3,(H,19,22). The molecule has 0 saturated carbocycles. The number of aryl methyl sites for hydroxylation is 3. The van der Waals surface area contributed by atoms with Crippen molar-refractivity contribution in [3.63, 3.8) is 0 Å². The zero-order valence-corrected chi connectivity index (χ0v) is 14.7. The second kappa shape index (κ2) is 6.97. The molecule has 0 fully saturated rings. The minimum absolute atomic E-state index is 0.0632. The number of hydrogen-bond acceptors (Lipinski definition) is 5. The fourth-order valence-electron chi connectivity index (χ4n) is 2.35. The monoisotopic (exact) mass is 341 g/mol. The summed E-state index contributed by atoms with van der Waals surface area (Å²) >= 11 is 1.60. The van der Waals surface area contributed by atoms with Crippen molar-refractivity contribution >= 4 is 27.5 Å². The van der Waals surface area contributed by atoms with Crippen molar-refractivity contribution in [2.45, 2.75) is 27.3 Å². The lowest BCUT2D eigenvalue weighted by atomic mass is 10.1. The van der Waals surface area contributed by atoms with E-state index in [1.807, 2.05) is 45.0 Å². The van der Waals surface area contributed by atoms with Gasteiger partial charge in [-0.05, 0) is 31.9 Å². The summed E-state index contributed by atoms with van der Waals surface area (Å²) in [6, 6.07) is 8.05. The highest BCUT2D eigenvalue weighted by Gasteiger charge is 2.14.